The van der Waals surface area contributed by atoms with Crippen molar-refractivity contribution in [2.24, 2.45) is 0 Å². The maximum absolute atomic E-state index is 12.8. The number of carbonyl (C=O) groups excluding carboxylic acids is 2. The molecule has 6 nitrogen and oxygen atoms in total. The van der Waals surface area contributed by atoms with Gasteiger partial charge in [0.1, 0.15) is 11.5 Å². The summed E-state index contributed by atoms with van der Waals surface area (Å²) in [6, 6.07) is 13.1. The molecule has 28 heavy (non-hydrogen) atoms. The summed E-state index contributed by atoms with van der Waals surface area (Å²) in [5.74, 6) is -1.04. The van der Waals surface area contributed by atoms with Crippen LogP contribution < -0.4 is 4.74 Å². The van der Waals surface area contributed by atoms with Crippen molar-refractivity contribution in [2.75, 3.05) is 20.3 Å². The maximum Gasteiger partial charge on any atom is 0.295 e. The number of carbonyl (C=O) groups is 2. The van der Waals surface area contributed by atoms with E-state index in [1.165, 1.54) is 12.0 Å². The van der Waals surface area contributed by atoms with Crippen LogP contribution in [-0.4, -0.2) is 47.1 Å². The fourth-order valence-electron chi connectivity index (χ4n) is 3.25. The fraction of sp³-hybridized carbons (Fsp3) is 0.238. The Morgan fingerprint density at radius 2 is 1.75 bits per heavy atom. The average molecular weight is 446 g/mol. The fourth-order valence-corrected chi connectivity index (χ4v) is 3.51. The molecule has 1 fully saturated rings. The molecule has 1 atom stereocenters. The number of rotatable bonds is 6. The molecule has 0 spiro atoms. The summed E-state index contributed by atoms with van der Waals surface area (Å²) in [5, 5.41) is 20.1. The molecule has 0 saturated carbocycles. The molecule has 0 bridgehead atoms. The highest BCUT2D eigenvalue weighted by Crippen LogP contribution is 2.39. The average Bonchev–Trinajstić information content (AvgIpc) is 2.97. The van der Waals surface area contributed by atoms with Crippen molar-refractivity contribution in [3.05, 3.63) is 69.7 Å². The summed E-state index contributed by atoms with van der Waals surface area (Å²) in [4.78, 5) is 26.8. The first-order valence-corrected chi connectivity index (χ1v) is 9.56. The van der Waals surface area contributed by atoms with E-state index in [1.807, 2.05) is 12.1 Å². The molecule has 0 unspecified atom stereocenters. The topological polar surface area (TPSA) is 87.1 Å². The van der Waals surface area contributed by atoms with Gasteiger partial charge in [-0.05, 0) is 48.4 Å². The Kier molecular flexibility index (Phi) is 6.16. The largest absolute Gasteiger partial charge is 0.507 e. The summed E-state index contributed by atoms with van der Waals surface area (Å²) in [6.07, 6.45) is 0.336. The zero-order valence-electron chi connectivity index (χ0n) is 15.3. The van der Waals surface area contributed by atoms with Crippen molar-refractivity contribution in [2.45, 2.75) is 12.5 Å². The van der Waals surface area contributed by atoms with Crippen LogP contribution >= 0.6 is 15.9 Å². The molecule has 0 radical (unpaired) electrons. The number of benzene rings is 2. The Balaban J connectivity index is 2.12. The highest BCUT2D eigenvalue weighted by molar-refractivity contribution is 9.10. The van der Waals surface area contributed by atoms with Crippen molar-refractivity contribution in [1.29, 1.82) is 0 Å². The molecule has 1 amide bonds. The van der Waals surface area contributed by atoms with E-state index < -0.39 is 17.7 Å². The molecule has 2 N–H and O–H groups in total. The van der Waals surface area contributed by atoms with Crippen LogP contribution in [0, 0.1) is 0 Å². The number of ether oxygens (including phenoxy) is 1. The number of halogens is 1. The third-order valence-electron chi connectivity index (χ3n) is 4.65. The second-order valence-corrected chi connectivity index (χ2v) is 7.27. The monoisotopic (exact) mass is 445 g/mol. The van der Waals surface area contributed by atoms with Crippen LogP contribution in [0.1, 0.15) is 23.6 Å². The van der Waals surface area contributed by atoms with E-state index in [4.69, 9.17) is 4.74 Å². The van der Waals surface area contributed by atoms with Crippen LogP contribution in [0.4, 0.5) is 0 Å². The smallest absolute Gasteiger partial charge is 0.295 e. The lowest BCUT2D eigenvalue weighted by Crippen LogP contribution is -2.31. The molecular weight excluding hydrogens is 426 g/mol. The van der Waals surface area contributed by atoms with Gasteiger partial charge in [-0.3, -0.25) is 9.59 Å². The van der Waals surface area contributed by atoms with E-state index in [2.05, 4.69) is 15.9 Å². The predicted octanol–water partition coefficient (Wildman–Crippen LogP) is 3.26. The summed E-state index contributed by atoms with van der Waals surface area (Å²) in [7, 11) is 1.54. The van der Waals surface area contributed by atoms with Crippen LogP contribution in [0.2, 0.25) is 0 Å². The third kappa shape index (κ3) is 3.81. The predicted molar refractivity (Wildman–Crippen MR) is 108 cm³/mol. The molecule has 1 heterocycles. The molecule has 7 heteroatoms. The number of amides is 1. The van der Waals surface area contributed by atoms with Gasteiger partial charge in [0, 0.05) is 23.2 Å². The Bertz CT molecular complexity index is 905. The van der Waals surface area contributed by atoms with Crippen molar-refractivity contribution < 1.29 is 24.5 Å². The summed E-state index contributed by atoms with van der Waals surface area (Å²) in [5.41, 5.74) is 1.16. The number of Topliss-reactive ketones (excluding diaryl/α,β-unsaturated/α-hetero) is 1. The molecule has 1 aliphatic heterocycles. The molecule has 0 aliphatic carbocycles. The lowest BCUT2D eigenvalue weighted by molar-refractivity contribution is -0.140. The molecule has 0 aromatic heterocycles. The lowest BCUT2D eigenvalue weighted by atomic mass is 9.95. The number of methoxy groups -OCH3 is 1. The van der Waals surface area contributed by atoms with Crippen molar-refractivity contribution in [3.8, 4) is 5.75 Å². The van der Waals surface area contributed by atoms with Gasteiger partial charge in [-0.1, -0.05) is 28.1 Å². The van der Waals surface area contributed by atoms with E-state index in [0.717, 1.165) is 4.47 Å². The standard InChI is InChI=1S/C21H20BrNO5/c1-28-16-9-5-14(6-10-16)19(25)17-18(13-3-7-15(22)8-4-13)23(11-2-12-24)21(27)20(17)26/h3-10,18,24-25H,2,11-12H2,1H3/t18-/m1/s1. The molecule has 146 valence electrons. The second-order valence-electron chi connectivity index (χ2n) is 6.35. The minimum absolute atomic E-state index is 0.0374. The summed E-state index contributed by atoms with van der Waals surface area (Å²) >= 11 is 3.38. The molecule has 3 rings (SSSR count). The van der Waals surface area contributed by atoms with Gasteiger partial charge in [0.2, 0.25) is 0 Å². The van der Waals surface area contributed by atoms with Crippen molar-refractivity contribution >= 4 is 33.4 Å². The van der Waals surface area contributed by atoms with Gasteiger partial charge in [-0.15, -0.1) is 0 Å². The second kappa shape index (κ2) is 8.58. The van der Waals surface area contributed by atoms with E-state index in [0.29, 0.717) is 23.3 Å². The number of ketones is 1. The third-order valence-corrected chi connectivity index (χ3v) is 5.17. The van der Waals surface area contributed by atoms with Crippen LogP contribution in [0.25, 0.3) is 5.76 Å². The Morgan fingerprint density at radius 1 is 1.11 bits per heavy atom. The number of hydrogen-bond acceptors (Lipinski definition) is 5. The minimum atomic E-state index is -0.737. The van der Waals surface area contributed by atoms with E-state index >= 15 is 0 Å². The number of aliphatic hydroxyl groups excluding tert-OH is 2. The SMILES string of the molecule is COc1ccc(C(O)=C2C(=O)C(=O)N(CCCO)[C@@H]2c2ccc(Br)cc2)cc1. The van der Waals surface area contributed by atoms with Crippen LogP contribution in [0.15, 0.2) is 58.6 Å². The van der Waals surface area contributed by atoms with Gasteiger partial charge in [-0.2, -0.15) is 0 Å². The minimum Gasteiger partial charge on any atom is -0.507 e. The van der Waals surface area contributed by atoms with Crippen molar-refractivity contribution in [3.63, 3.8) is 0 Å². The van der Waals surface area contributed by atoms with Crippen LogP contribution in [0.5, 0.6) is 5.75 Å². The molecular formula is C21H20BrNO5. The van der Waals surface area contributed by atoms with Crippen LogP contribution in [-0.2, 0) is 9.59 Å². The Labute approximate surface area is 171 Å². The Hall–Kier alpha value is -2.64. The Morgan fingerprint density at radius 3 is 2.32 bits per heavy atom. The zero-order valence-corrected chi connectivity index (χ0v) is 16.8. The number of hydrogen-bond donors (Lipinski definition) is 2. The summed E-state index contributed by atoms with van der Waals surface area (Å²) < 4.78 is 5.98. The molecule has 2 aromatic carbocycles. The highest BCUT2D eigenvalue weighted by Gasteiger charge is 2.45. The van der Waals surface area contributed by atoms with Gasteiger partial charge < -0.3 is 19.8 Å². The molecule has 2 aromatic rings. The molecule has 1 aliphatic rings. The normalized spacial score (nSPS) is 18.5. The van der Waals surface area contributed by atoms with Gasteiger partial charge in [0.25, 0.3) is 11.7 Å². The quantitative estimate of drug-likeness (QED) is 0.404. The van der Waals surface area contributed by atoms with Gasteiger partial charge in [0.05, 0.1) is 18.7 Å². The van der Waals surface area contributed by atoms with Gasteiger partial charge in [0.15, 0.2) is 0 Å². The zero-order chi connectivity index (χ0) is 20.3. The van der Waals surface area contributed by atoms with Crippen LogP contribution in [0.3, 0.4) is 0 Å². The first kappa shape index (κ1) is 20.1. The van der Waals surface area contributed by atoms with E-state index in [-0.39, 0.29) is 24.5 Å². The first-order chi connectivity index (χ1) is 13.5. The first-order valence-electron chi connectivity index (χ1n) is 8.77. The number of likely N-dealkylation sites (tertiary alicyclic amines) is 1. The number of nitrogens with zero attached hydrogens (tertiary/aromatic N) is 1. The maximum atomic E-state index is 12.8. The summed E-state index contributed by atoms with van der Waals surface area (Å²) in [6.45, 7) is 0.107. The van der Waals surface area contributed by atoms with Crippen molar-refractivity contribution in [1.82, 2.24) is 4.90 Å². The van der Waals surface area contributed by atoms with Gasteiger partial charge >= 0.3 is 0 Å². The highest BCUT2D eigenvalue weighted by atomic mass is 79.9. The lowest BCUT2D eigenvalue weighted by Gasteiger charge is -2.25. The number of aliphatic hydroxyl groups is 2. The van der Waals surface area contributed by atoms with E-state index in [9.17, 15) is 19.8 Å². The molecule has 1 saturated heterocycles. The van der Waals surface area contributed by atoms with E-state index in [1.54, 1.807) is 36.4 Å². The van der Waals surface area contributed by atoms with Gasteiger partial charge in [-0.25, -0.2) is 0 Å².